The Labute approximate surface area is 205 Å². The molecular formula is C30H39ClN2. The summed E-state index contributed by atoms with van der Waals surface area (Å²) < 4.78 is 0. The number of hydrogen-bond donors (Lipinski definition) is 0. The van der Waals surface area contributed by atoms with Crippen molar-refractivity contribution in [2.75, 3.05) is 6.54 Å². The van der Waals surface area contributed by atoms with E-state index in [1.807, 2.05) is 5.57 Å². The van der Waals surface area contributed by atoms with E-state index in [9.17, 15) is 0 Å². The van der Waals surface area contributed by atoms with Gasteiger partial charge >= 0.3 is 0 Å². The number of halogens is 1. The molecule has 9 rings (SSSR count). The van der Waals surface area contributed by atoms with Gasteiger partial charge in [-0.2, -0.15) is 0 Å². The quantitative estimate of drug-likeness (QED) is 0.422. The average Bonchev–Trinajstić information content (AvgIpc) is 3.01. The van der Waals surface area contributed by atoms with Crippen LogP contribution < -0.4 is 0 Å². The summed E-state index contributed by atoms with van der Waals surface area (Å²) >= 11 is 0. The topological polar surface area (TPSA) is 15.6 Å². The van der Waals surface area contributed by atoms with Gasteiger partial charge in [0.25, 0.3) is 0 Å². The Morgan fingerprint density at radius 2 is 1.76 bits per heavy atom. The first kappa shape index (κ1) is 21.0. The van der Waals surface area contributed by atoms with E-state index in [-0.39, 0.29) is 12.4 Å². The Morgan fingerprint density at radius 1 is 0.970 bits per heavy atom. The number of fused-ring (bicyclic) bond motifs is 5. The fraction of sp³-hybridized carbons (Fsp3) is 0.700. The van der Waals surface area contributed by atoms with Crippen LogP contribution in [0.3, 0.4) is 0 Å². The molecule has 6 aliphatic carbocycles. The summed E-state index contributed by atoms with van der Waals surface area (Å²) in [5.41, 5.74) is 7.56. The summed E-state index contributed by atoms with van der Waals surface area (Å²) in [5.74, 6) is 5.45. The molecule has 3 heterocycles. The number of aliphatic imine (C=N–C) groups is 1. The van der Waals surface area contributed by atoms with Crippen LogP contribution in [0.25, 0.3) is 0 Å². The average molecular weight is 463 g/mol. The van der Waals surface area contributed by atoms with Crippen molar-refractivity contribution in [1.82, 2.24) is 4.90 Å². The monoisotopic (exact) mass is 462 g/mol. The molecular weight excluding hydrogens is 424 g/mol. The predicted octanol–water partition coefficient (Wildman–Crippen LogP) is 7.24. The van der Waals surface area contributed by atoms with Gasteiger partial charge in [0, 0.05) is 36.0 Å². The largest absolute Gasteiger partial charge is 0.341 e. The van der Waals surface area contributed by atoms with Gasteiger partial charge in [0.05, 0.1) is 6.04 Å². The molecule has 9 aliphatic rings. The molecule has 0 radical (unpaired) electrons. The van der Waals surface area contributed by atoms with E-state index in [1.165, 1.54) is 38.5 Å². The Bertz CT molecular complexity index is 961. The number of nitrogens with zero attached hydrogens (tertiary/aromatic N) is 2. The van der Waals surface area contributed by atoms with Crippen LogP contribution in [0, 0.1) is 40.9 Å². The fourth-order valence-electron chi connectivity index (χ4n) is 10.5. The molecule has 0 aromatic rings. The number of rotatable bonds is 2. The molecule has 2 unspecified atom stereocenters. The molecule has 0 aromatic heterocycles. The van der Waals surface area contributed by atoms with Crippen LogP contribution in [-0.2, 0) is 0 Å². The highest BCUT2D eigenvalue weighted by atomic mass is 35.5. The van der Waals surface area contributed by atoms with Gasteiger partial charge in [-0.05, 0) is 123 Å². The van der Waals surface area contributed by atoms with Crippen LogP contribution in [0.1, 0.15) is 77.0 Å². The van der Waals surface area contributed by atoms with Crippen molar-refractivity contribution in [1.29, 1.82) is 0 Å². The van der Waals surface area contributed by atoms with Crippen molar-refractivity contribution in [3.8, 4) is 0 Å². The van der Waals surface area contributed by atoms with Crippen LogP contribution in [-0.4, -0.2) is 23.7 Å². The fourth-order valence-corrected chi connectivity index (χ4v) is 10.5. The highest BCUT2D eigenvalue weighted by Crippen LogP contribution is 2.64. The molecule has 0 spiro atoms. The van der Waals surface area contributed by atoms with E-state index in [2.05, 4.69) is 35.4 Å². The molecule has 3 heteroatoms. The Hall–Kier alpha value is -1.28. The SMILES string of the molecule is C1=CC2=CCC3=C4[C@H](CCC3CC35CC6CC(CC(C6)C3)C5)[C@H]3CN=CC=C3N4C2CC1.Cl. The van der Waals surface area contributed by atoms with Crippen molar-refractivity contribution in [3.05, 3.63) is 46.8 Å². The minimum atomic E-state index is 0. The lowest BCUT2D eigenvalue weighted by Crippen LogP contribution is -2.47. The van der Waals surface area contributed by atoms with Gasteiger partial charge in [-0.1, -0.05) is 18.2 Å². The minimum absolute atomic E-state index is 0. The van der Waals surface area contributed by atoms with Crippen molar-refractivity contribution in [2.24, 2.45) is 45.9 Å². The molecule has 1 saturated heterocycles. The third-order valence-corrected chi connectivity index (χ3v) is 11.1. The zero-order chi connectivity index (χ0) is 20.9. The zero-order valence-corrected chi connectivity index (χ0v) is 20.7. The van der Waals surface area contributed by atoms with Crippen molar-refractivity contribution in [2.45, 2.75) is 83.1 Å². The third kappa shape index (κ3) is 3.08. The normalized spacial score (nSPS) is 46.2. The molecule has 0 aromatic carbocycles. The summed E-state index contributed by atoms with van der Waals surface area (Å²) in [6.45, 7) is 1.02. The number of dihydropyridines is 1. The summed E-state index contributed by atoms with van der Waals surface area (Å²) in [6, 6.07) is 0.580. The number of hydrogen-bond acceptors (Lipinski definition) is 2. The maximum atomic E-state index is 4.74. The second-order valence-electron chi connectivity index (χ2n) is 12.9. The molecule has 5 fully saturated rings. The van der Waals surface area contributed by atoms with Gasteiger partial charge in [-0.15, -0.1) is 12.4 Å². The predicted molar refractivity (Wildman–Crippen MR) is 137 cm³/mol. The molecule has 4 atom stereocenters. The van der Waals surface area contributed by atoms with Crippen LogP contribution in [0.15, 0.2) is 51.8 Å². The molecule has 0 N–H and O–H groups in total. The van der Waals surface area contributed by atoms with Crippen molar-refractivity contribution >= 4 is 18.6 Å². The highest BCUT2D eigenvalue weighted by Gasteiger charge is 2.54. The lowest BCUT2D eigenvalue weighted by molar-refractivity contribution is -0.0645. The second-order valence-corrected chi connectivity index (χ2v) is 12.9. The molecule has 4 bridgehead atoms. The van der Waals surface area contributed by atoms with E-state index in [4.69, 9.17) is 4.99 Å². The van der Waals surface area contributed by atoms with Crippen LogP contribution in [0.5, 0.6) is 0 Å². The van der Waals surface area contributed by atoms with Crippen molar-refractivity contribution in [3.63, 3.8) is 0 Å². The molecule has 3 aliphatic heterocycles. The zero-order valence-electron chi connectivity index (χ0n) is 19.9. The lowest BCUT2D eigenvalue weighted by atomic mass is 9.47. The lowest BCUT2D eigenvalue weighted by Gasteiger charge is -2.58. The van der Waals surface area contributed by atoms with E-state index >= 15 is 0 Å². The Morgan fingerprint density at radius 3 is 2.55 bits per heavy atom. The number of allylic oxidation sites excluding steroid dienone is 5. The maximum absolute atomic E-state index is 4.74. The third-order valence-electron chi connectivity index (χ3n) is 11.1. The van der Waals surface area contributed by atoms with Crippen LogP contribution in [0.4, 0.5) is 0 Å². The van der Waals surface area contributed by atoms with E-state index in [1.54, 1.807) is 55.5 Å². The van der Waals surface area contributed by atoms with Gasteiger partial charge in [-0.3, -0.25) is 4.99 Å². The van der Waals surface area contributed by atoms with Gasteiger partial charge in [0.2, 0.25) is 0 Å². The van der Waals surface area contributed by atoms with Crippen LogP contribution >= 0.6 is 12.4 Å². The first-order valence-electron chi connectivity index (χ1n) is 13.9. The molecule has 176 valence electrons. The highest BCUT2D eigenvalue weighted by molar-refractivity contribution is 5.85. The van der Waals surface area contributed by atoms with Gasteiger partial charge in [-0.25, -0.2) is 0 Å². The minimum Gasteiger partial charge on any atom is -0.341 e. The Kier molecular flexibility index (Phi) is 4.85. The van der Waals surface area contributed by atoms with Gasteiger partial charge in [0.15, 0.2) is 0 Å². The van der Waals surface area contributed by atoms with Gasteiger partial charge in [0.1, 0.15) is 0 Å². The summed E-state index contributed by atoms with van der Waals surface area (Å²) in [6.07, 6.45) is 29.5. The second kappa shape index (κ2) is 7.61. The summed E-state index contributed by atoms with van der Waals surface area (Å²) in [4.78, 5) is 7.62. The molecule has 4 saturated carbocycles. The Balaban J connectivity index is 0.00000190. The first-order chi connectivity index (χ1) is 15.8. The smallest absolute Gasteiger partial charge is 0.0585 e. The van der Waals surface area contributed by atoms with Crippen LogP contribution in [0.2, 0.25) is 0 Å². The molecule has 0 amide bonds. The van der Waals surface area contributed by atoms with E-state index in [0.717, 1.165) is 36.1 Å². The maximum Gasteiger partial charge on any atom is 0.0585 e. The summed E-state index contributed by atoms with van der Waals surface area (Å²) in [5, 5.41) is 0. The van der Waals surface area contributed by atoms with E-state index in [0.29, 0.717) is 17.4 Å². The summed E-state index contributed by atoms with van der Waals surface area (Å²) in [7, 11) is 0. The first-order valence-corrected chi connectivity index (χ1v) is 13.9. The van der Waals surface area contributed by atoms with Gasteiger partial charge < -0.3 is 4.90 Å². The standard InChI is InChI=1S/C30H38N2.ClH/c1-2-4-27-22(3-1)5-7-24-23(17-30-14-19-11-20(15-30)13-21(12-19)16-30)6-8-25-26-18-31-10-9-28(26)32(27)29(24)25;/h1,3,5,9-10,19-21,23,25-27H,2,4,6-8,11-18H2;1H/t19?,20?,21?,23?,25-,26-,27?,30?;/m1./s1. The van der Waals surface area contributed by atoms with Crippen molar-refractivity contribution < 1.29 is 0 Å². The van der Waals surface area contributed by atoms with E-state index < -0.39 is 0 Å². The molecule has 2 nitrogen and oxygen atoms in total. The molecule has 33 heavy (non-hydrogen) atoms.